The zero-order valence-electron chi connectivity index (χ0n) is 13.6. The van der Waals surface area contributed by atoms with E-state index in [0.717, 1.165) is 13.1 Å². The smallest absolute Gasteiger partial charge is 0.0233 e. The minimum Gasteiger partial charge on any atom is -0.330 e. The van der Waals surface area contributed by atoms with Crippen LogP contribution in [0, 0.1) is 0 Å². The molecule has 0 saturated heterocycles. The van der Waals surface area contributed by atoms with Crippen LogP contribution in [0.1, 0.15) is 63.5 Å². The van der Waals surface area contributed by atoms with Crippen LogP contribution in [-0.4, -0.2) is 24.5 Å². The minimum absolute atomic E-state index is 0.459. The number of benzene rings is 1. The summed E-state index contributed by atoms with van der Waals surface area (Å²) in [4.78, 5) is 2.59. The molecule has 0 radical (unpaired) electrons. The Morgan fingerprint density at radius 3 is 2.00 bits per heavy atom. The summed E-state index contributed by atoms with van der Waals surface area (Å²) in [5, 5.41) is 0. The lowest BCUT2D eigenvalue weighted by Gasteiger charge is -2.22. The highest BCUT2D eigenvalue weighted by Crippen LogP contribution is 2.16. The van der Waals surface area contributed by atoms with E-state index in [-0.39, 0.29) is 0 Å². The van der Waals surface area contributed by atoms with Gasteiger partial charge in [-0.3, -0.25) is 4.90 Å². The van der Waals surface area contributed by atoms with Crippen LogP contribution in [0.4, 0.5) is 0 Å². The molecule has 0 fully saturated rings. The number of hydrogen-bond donors (Lipinski definition) is 1. The molecule has 1 unspecified atom stereocenters. The van der Waals surface area contributed by atoms with Gasteiger partial charge >= 0.3 is 0 Å². The summed E-state index contributed by atoms with van der Waals surface area (Å²) in [7, 11) is 0. The third-order valence-corrected chi connectivity index (χ3v) is 3.96. The van der Waals surface area contributed by atoms with Crippen molar-refractivity contribution in [1.29, 1.82) is 0 Å². The summed E-state index contributed by atoms with van der Waals surface area (Å²) in [5.41, 5.74) is 8.50. The average molecular weight is 276 g/mol. The van der Waals surface area contributed by atoms with E-state index in [0.29, 0.717) is 5.92 Å². The van der Waals surface area contributed by atoms with Crippen molar-refractivity contribution >= 4 is 0 Å². The molecule has 1 rings (SSSR count). The molecule has 1 aromatic carbocycles. The molecule has 2 N–H and O–H groups in total. The standard InChI is InChI=1S/C18H32N2/c1-4-6-12-20(13-7-5-2)15-17-8-10-18(11-9-17)16(3)14-19/h8-11,16H,4-7,12-15,19H2,1-3H3. The Morgan fingerprint density at radius 1 is 1.00 bits per heavy atom. The molecule has 0 aliphatic rings. The van der Waals surface area contributed by atoms with Crippen LogP contribution in [0.15, 0.2) is 24.3 Å². The van der Waals surface area contributed by atoms with Crippen molar-refractivity contribution in [1.82, 2.24) is 4.90 Å². The Labute approximate surface area is 125 Å². The maximum absolute atomic E-state index is 5.72. The monoisotopic (exact) mass is 276 g/mol. The molecule has 114 valence electrons. The fourth-order valence-electron chi connectivity index (χ4n) is 2.38. The highest BCUT2D eigenvalue weighted by molar-refractivity contribution is 5.25. The summed E-state index contributed by atoms with van der Waals surface area (Å²) < 4.78 is 0. The summed E-state index contributed by atoms with van der Waals surface area (Å²) in [6.45, 7) is 11.0. The first-order valence-electron chi connectivity index (χ1n) is 8.22. The molecule has 1 aromatic rings. The largest absolute Gasteiger partial charge is 0.330 e. The zero-order valence-corrected chi connectivity index (χ0v) is 13.6. The van der Waals surface area contributed by atoms with Crippen molar-refractivity contribution in [2.75, 3.05) is 19.6 Å². The van der Waals surface area contributed by atoms with Crippen LogP contribution in [0.5, 0.6) is 0 Å². The fourth-order valence-corrected chi connectivity index (χ4v) is 2.38. The van der Waals surface area contributed by atoms with E-state index < -0.39 is 0 Å². The molecule has 2 heteroatoms. The molecule has 0 aromatic heterocycles. The first-order chi connectivity index (χ1) is 9.71. The van der Waals surface area contributed by atoms with E-state index in [9.17, 15) is 0 Å². The molecular formula is C18H32N2. The van der Waals surface area contributed by atoms with Crippen molar-refractivity contribution in [2.24, 2.45) is 5.73 Å². The van der Waals surface area contributed by atoms with Crippen LogP contribution in [0.25, 0.3) is 0 Å². The van der Waals surface area contributed by atoms with E-state index in [2.05, 4.69) is 49.9 Å². The number of rotatable bonds is 10. The van der Waals surface area contributed by atoms with E-state index in [1.54, 1.807) is 0 Å². The van der Waals surface area contributed by atoms with E-state index in [4.69, 9.17) is 5.73 Å². The second-order valence-electron chi connectivity index (χ2n) is 5.86. The van der Waals surface area contributed by atoms with Crippen molar-refractivity contribution in [3.63, 3.8) is 0 Å². The zero-order chi connectivity index (χ0) is 14.8. The first kappa shape index (κ1) is 17.2. The lowest BCUT2D eigenvalue weighted by atomic mass is 10.00. The third kappa shape index (κ3) is 6.06. The maximum atomic E-state index is 5.72. The van der Waals surface area contributed by atoms with Crippen molar-refractivity contribution < 1.29 is 0 Å². The van der Waals surface area contributed by atoms with Crippen LogP contribution in [0.2, 0.25) is 0 Å². The van der Waals surface area contributed by atoms with Gasteiger partial charge in [0.1, 0.15) is 0 Å². The van der Waals surface area contributed by atoms with E-state index in [1.165, 1.54) is 49.9 Å². The van der Waals surface area contributed by atoms with Gasteiger partial charge in [-0.05, 0) is 49.5 Å². The molecule has 0 saturated carbocycles. The van der Waals surface area contributed by atoms with Gasteiger partial charge in [-0.15, -0.1) is 0 Å². The van der Waals surface area contributed by atoms with Crippen molar-refractivity contribution in [2.45, 2.75) is 58.9 Å². The lowest BCUT2D eigenvalue weighted by molar-refractivity contribution is 0.257. The second-order valence-corrected chi connectivity index (χ2v) is 5.86. The highest BCUT2D eigenvalue weighted by atomic mass is 15.1. The molecule has 0 amide bonds. The number of nitrogens with zero attached hydrogens (tertiary/aromatic N) is 1. The molecular weight excluding hydrogens is 244 g/mol. The molecule has 0 bridgehead atoms. The highest BCUT2D eigenvalue weighted by Gasteiger charge is 2.07. The molecule has 2 nitrogen and oxygen atoms in total. The van der Waals surface area contributed by atoms with Crippen LogP contribution >= 0.6 is 0 Å². The Morgan fingerprint density at radius 2 is 1.55 bits per heavy atom. The van der Waals surface area contributed by atoms with Gasteiger partial charge in [0.25, 0.3) is 0 Å². The molecule has 0 aliphatic heterocycles. The number of nitrogens with two attached hydrogens (primary N) is 1. The summed E-state index contributed by atoms with van der Waals surface area (Å²) in [5.74, 6) is 0.459. The molecule has 1 atom stereocenters. The summed E-state index contributed by atoms with van der Waals surface area (Å²) >= 11 is 0. The number of unbranched alkanes of at least 4 members (excludes halogenated alkanes) is 2. The number of hydrogen-bond acceptors (Lipinski definition) is 2. The third-order valence-electron chi connectivity index (χ3n) is 3.96. The van der Waals surface area contributed by atoms with Crippen LogP contribution < -0.4 is 5.73 Å². The van der Waals surface area contributed by atoms with Crippen molar-refractivity contribution in [3.05, 3.63) is 35.4 Å². The fraction of sp³-hybridized carbons (Fsp3) is 0.667. The molecule has 0 aliphatic carbocycles. The molecule has 20 heavy (non-hydrogen) atoms. The first-order valence-corrected chi connectivity index (χ1v) is 8.22. The van der Waals surface area contributed by atoms with Gasteiger partial charge in [0, 0.05) is 6.54 Å². The van der Waals surface area contributed by atoms with Gasteiger partial charge in [-0.2, -0.15) is 0 Å². The van der Waals surface area contributed by atoms with Gasteiger partial charge in [0.2, 0.25) is 0 Å². The normalized spacial score (nSPS) is 12.8. The van der Waals surface area contributed by atoms with Gasteiger partial charge in [0.05, 0.1) is 0 Å². The Balaban J connectivity index is 2.57. The Kier molecular flexibility index (Phi) is 8.56. The Hall–Kier alpha value is -0.860. The van der Waals surface area contributed by atoms with Gasteiger partial charge in [-0.1, -0.05) is 57.9 Å². The molecule has 0 heterocycles. The second kappa shape index (κ2) is 9.95. The quantitative estimate of drug-likeness (QED) is 0.695. The van der Waals surface area contributed by atoms with Gasteiger partial charge < -0.3 is 5.73 Å². The van der Waals surface area contributed by atoms with E-state index in [1.807, 2.05) is 0 Å². The Bertz CT molecular complexity index is 337. The van der Waals surface area contributed by atoms with Gasteiger partial charge in [-0.25, -0.2) is 0 Å². The average Bonchev–Trinajstić information content (AvgIpc) is 2.49. The predicted molar refractivity (Wildman–Crippen MR) is 89.0 cm³/mol. The SMILES string of the molecule is CCCCN(CCCC)Cc1ccc(C(C)CN)cc1. The van der Waals surface area contributed by atoms with Crippen LogP contribution in [0.3, 0.4) is 0 Å². The predicted octanol–water partition coefficient (Wildman–Crippen LogP) is 4.15. The molecule has 0 spiro atoms. The van der Waals surface area contributed by atoms with E-state index >= 15 is 0 Å². The minimum atomic E-state index is 0.459. The van der Waals surface area contributed by atoms with Gasteiger partial charge in [0.15, 0.2) is 0 Å². The summed E-state index contributed by atoms with van der Waals surface area (Å²) in [6, 6.07) is 9.02. The topological polar surface area (TPSA) is 29.3 Å². The van der Waals surface area contributed by atoms with Crippen molar-refractivity contribution in [3.8, 4) is 0 Å². The summed E-state index contributed by atoms with van der Waals surface area (Å²) in [6.07, 6.45) is 5.14. The van der Waals surface area contributed by atoms with Crippen LogP contribution in [-0.2, 0) is 6.54 Å². The lowest BCUT2D eigenvalue weighted by Crippen LogP contribution is -2.25. The maximum Gasteiger partial charge on any atom is 0.0233 e.